The van der Waals surface area contributed by atoms with Crippen LogP contribution in [0.1, 0.15) is 0 Å². The van der Waals surface area contributed by atoms with E-state index in [0.29, 0.717) is 0 Å². The highest BCUT2D eigenvalue weighted by atomic mass is 19.1. The Morgan fingerprint density at radius 1 is 0.232 bits per heavy atom. The number of fused-ring (bicyclic) bond motifs is 7. The molecule has 82 heavy (non-hydrogen) atoms. The van der Waals surface area contributed by atoms with Crippen LogP contribution in [-0.4, -0.2) is 9.13 Å². The number of anilines is 6. The minimum absolute atomic E-state index is 0.263. The van der Waals surface area contributed by atoms with E-state index >= 15 is 0 Å². The van der Waals surface area contributed by atoms with Gasteiger partial charge in [0, 0.05) is 66.7 Å². The Balaban J connectivity index is 0.853. The molecule has 15 aromatic rings. The van der Waals surface area contributed by atoms with Crippen molar-refractivity contribution in [1.29, 1.82) is 0 Å². The van der Waals surface area contributed by atoms with Crippen LogP contribution in [-0.2, 0) is 0 Å². The summed E-state index contributed by atoms with van der Waals surface area (Å²) < 4.78 is 33.0. The quantitative estimate of drug-likeness (QED) is 0.128. The van der Waals surface area contributed by atoms with Crippen molar-refractivity contribution in [3.8, 4) is 44.8 Å². The van der Waals surface area contributed by atoms with Gasteiger partial charge in [-0.2, -0.15) is 0 Å². The first-order valence-corrected chi connectivity index (χ1v) is 27.6. The number of nitrogens with zero attached hydrogens (tertiary/aromatic N) is 4. The van der Waals surface area contributed by atoms with E-state index in [0.717, 1.165) is 133 Å². The second-order valence-corrected chi connectivity index (χ2v) is 20.8. The largest absolute Gasteiger partial charge is 0.310 e. The zero-order valence-corrected chi connectivity index (χ0v) is 44.4. The normalized spacial score (nSPS) is 11.5. The summed E-state index contributed by atoms with van der Waals surface area (Å²) in [4.78, 5) is 4.71. The van der Waals surface area contributed by atoms with Crippen LogP contribution < -0.4 is 9.80 Å². The van der Waals surface area contributed by atoms with Crippen LogP contribution >= 0.6 is 0 Å². The fourth-order valence-electron chi connectivity index (χ4n) is 12.2. The number of aromatic nitrogens is 2. The Labute approximate surface area is 473 Å². The first kappa shape index (κ1) is 48.3. The Morgan fingerprint density at radius 3 is 1.10 bits per heavy atom. The maximum Gasteiger partial charge on any atom is 0.123 e. The molecule has 0 radical (unpaired) electrons. The van der Waals surface area contributed by atoms with Gasteiger partial charge in [0.15, 0.2) is 0 Å². The van der Waals surface area contributed by atoms with Crippen molar-refractivity contribution in [2.45, 2.75) is 0 Å². The zero-order chi connectivity index (χ0) is 54.7. The van der Waals surface area contributed by atoms with Crippen molar-refractivity contribution in [2.24, 2.45) is 0 Å². The van der Waals surface area contributed by atoms with Gasteiger partial charge in [0.05, 0.1) is 27.8 Å². The third kappa shape index (κ3) is 8.44. The van der Waals surface area contributed by atoms with Crippen molar-refractivity contribution >= 4 is 88.5 Å². The van der Waals surface area contributed by atoms with E-state index in [-0.39, 0.29) is 11.6 Å². The van der Waals surface area contributed by atoms with Crippen LogP contribution in [0.15, 0.2) is 303 Å². The van der Waals surface area contributed by atoms with Gasteiger partial charge < -0.3 is 18.9 Å². The van der Waals surface area contributed by atoms with Crippen LogP contribution in [0.5, 0.6) is 0 Å². The van der Waals surface area contributed by atoms with Gasteiger partial charge in [-0.15, -0.1) is 0 Å². The lowest BCUT2D eigenvalue weighted by Gasteiger charge is -2.28. The molecule has 0 aliphatic carbocycles. The third-order valence-corrected chi connectivity index (χ3v) is 16.0. The van der Waals surface area contributed by atoms with Gasteiger partial charge in [-0.3, -0.25) is 0 Å². The standard InChI is InChI=1S/C76H50F2N4/c77-56-31-41-61(42-32-56)81-73-22-9-7-17-68(73)70-49-63(45-47-75(70)81)79(58-35-25-53(26-36-58)51-13-3-1-4-14-51)59-39-29-55(30-40-59)65-19-11-21-67-66(65)20-12-24-72(67)80(60-37-27-54(28-38-60)52-15-5-2-6-16-52)64-46-48-76-71(50-64)69-18-8-10-23-74(69)82(76)62-43-33-57(78)34-44-62/h1-50H. The van der Waals surface area contributed by atoms with E-state index in [1.807, 2.05) is 36.4 Å². The highest BCUT2D eigenvalue weighted by Crippen LogP contribution is 2.46. The van der Waals surface area contributed by atoms with Crippen LogP contribution in [0.2, 0.25) is 0 Å². The van der Waals surface area contributed by atoms with Crippen molar-refractivity contribution in [1.82, 2.24) is 9.13 Å². The molecule has 0 N–H and O–H groups in total. The third-order valence-electron chi connectivity index (χ3n) is 16.0. The molecule has 2 heterocycles. The topological polar surface area (TPSA) is 16.3 Å². The summed E-state index contributed by atoms with van der Waals surface area (Å²) in [5, 5.41) is 6.67. The molecule has 0 fully saturated rings. The molecule has 13 aromatic carbocycles. The molecule has 0 aliphatic heterocycles. The lowest BCUT2D eigenvalue weighted by atomic mass is 9.96. The second-order valence-electron chi connectivity index (χ2n) is 20.8. The maximum atomic E-state index is 14.3. The molecule has 2 aromatic heterocycles. The lowest BCUT2D eigenvalue weighted by Crippen LogP contribution is -2.10. The van der Waals surface area contributed by atoms with E-state index in [1.165, 1.54) is 24.3 Å². The van der Waals surface area contributed by atoms with E-state index in [9.17, 15) is 8.78 Å². The molecule has 0 amide bonds. The summed E-state index contributed by atoms with van der Waals surface area (Å²) in [7, 11) is 0. The summed E-state index contributed by atoms with van der Waals surface area (Å²) in [5.41, 5.74) is 19.0. The summed E-state index contributed by atoms with van der Waals surface area (Å²) in [6.07, 6.45) is 0. The second kappa shape index (κ2) is 20.1. The summed E-state index contributed by atoms with van der Waals surface area (Å²) in [5.74, 6) is -0.527. The molecule has 4 nitrogen and oxygen atoms in total. The van der Waals surface area contributed by atoms with E-state index < -0.39 is 0 Å². The average molecular weight is 1060 g/mol. The van der Waals surface area contributed by atoms with Gasteiger partial charge in [0.1, 0.15) is 11.6 Å². The number of benzene rings is 13. The number of hydrogen-bond donors (Lipinski definition) is 0. The Bertz CT molecular complexity index is 4840. The van der Waals surface area contributed by atoms with E-state index in [2.05, 4.69) is 262 Å². The SMILES string of the molecule is Fc1ccc(-n2c3ccccc3c3cc(N(c4ccc(-c5ccccc5)cc4)c4ccc(-c5cccc6c(N(c7ccc(-c8ccccc8)cc7)c7ccc8c(c7)c7ccccc7n8-c7ccc(F)cc7)cccc56)cc4)ccc32)cc1. The first-order chi connectivity index (χ1) is 40.5. The van der Waals surface area contributed by atoms with Crippen molar-refractivity contribution in [3.05, 3.63) is 315 Å². The van der Waals surface area contributed by atoms with Crippen LogP contribution in [0.25, 0.3) is 99.1 Å². The molecule has 388 valence electrons. The van der Waals surface area contributed by atoms with Crippen LogP contribution in [0.3, 0.4) is 0 Å². The van der Waals surface area contributed by atoms with Gasteiger partial charge >= 0.3 is 0 Å². The first-order valence-electron chi connectivity index (χ1n) is 27.6. The minimum atomic E-state index is -0.264. The fourth-order valence-corrected chi connectivity index (χ4v) is 12.2. The molecule has 0 saturated heterocycles. The molecular weight excluding hydrogens is 1010 g/mol. The summed E-state index contributed by atoms with van der Waals surface area (Å²) >= 11 is 0. The number of halogens is 2. The van der Waals surface area contributed by atoms with Gasteiger partial charge in [0.2, 0.25) is 0 Å². The predicted molar refractivity (Wildman–Crippen MR) is 338 cm³/mol. The molecule has 0 spiro atoms. The lowest BCUT2D eigenvalue weighted by molar-refractivity contribution is 0.627. The molecule has 0 atom stereocenters. The average Bonchev–Trinajstić information content (AvgIpc) is 4.02. The minimum Gasteiger partial charge on any atom is -0.310 e. The molecule has 15 rings (SSSR count). The van der Waals surface area contributed by atoms with Crippen molar-refractivity contribution in [3.63, 3.8) is 0 Å². The number of rotatable bonds is 11. The number of hydrogen-bond acceptors (Lipinski definition) is 2. The highest BCUT2D eigenvalue weighted by molar-refractivity contribution is 6.13. The van der Waals surface area contributed by atoms with Gasteiger partial charge in [-0.25, -0.2) is 8.78 Å². The molecule has 0 bridgehead atoms. The summed E-state index contributed by atoms with van der Waals surface area (Å²) in [6.45, 7) is 0. The van der Waals surface area contributed by atoms with E-state index in [4.69, 9.17) is 0 Å². The van der Waals surface area contributed by atoms with Crippen LogP contribution in [0.4, 0.5) is 42.9 Å². The van der Waals surface area contributed by atoms with Gasteiger partial charge in [0.25, 0.3) is 0 Å². The van der Waals surface area contributed by atoms with Crippen molar-refractivity contribution in [2.75, 3.05) is 9.80 Å². The highest BCUT2D eigenvalue weighted by Gasteiger charge is 2.22. The Morgan fingerprint density at radius 2 is 0.598 bits per heavy atom. The molecule has 0 saturated carbocycles. The number of para-hydroxylation sites is 2. The van der Waals surface area contributed by atoms with E-state index in [1.54, 1.807) is 0 Å². The predicted octanol–water partition coefficient (Wildman–Crippen LogP) is 21.3. The summed E-state index contributed by atoms with van der Waals surface area (Å²) in [6, 6.07) is 105. The van der Waals surface area contributed by atoms with Crippen molar-refractivity contribution < 1.29 is 8.78 Å². The smallest absolute Gasteiger partial charge is 0.123 e. The molecule has 0 unspecified atom stereocenters. The monoisotopic (exact) mass is 1060 g/mol. The van der Waals surface area contributed by atoms with Gasteiger partial charge in [-0.1, -0.05) is 164 Å². The zero-order valence-electron chi connectivity index (χ0n) is 44.4. The molecular formula is C76H50F2N4. The van der Waals surface area contributed by atoms with Gasteiger partial charge in [-0.05, 0) is 178 Å². The fraction of sp³-hybridized carbons (Fsp3) is 0. The maximum absolute atomic E-state index is 14.3. The molecule has 0 aliphatic rings. The Hall–Kier alpha value is -10.8. The molecule has 6 heteroatoms. The Kier molecular flexibility index (Phi) is 11.9. The van der Waals surface area contributed by atoms with Crippen LogP contribution in [0, 0.1) is 11.6 Å².